The molecular weight excluding hydrogens is 457 g/mol. The quantitative estimate of drug-likeness (QED) is 0.365. The first-order valence-electron chi connectivity index (χ1n) is 9.37. The lowest BCUT2D eigenvalue weighted by molar-refractivity contribution is -0.136. The van der Waals surface area contributed by atoms with Crippen LogP contribution in [0.4, 0.5) is 22.0 Å². The summed E-state index contributed by atoms with van der Waals surface area (Å²) in [5.74, 6) is -0.412. The molecule has 0 bridgehead atoms. The summed E-state index contributed by atoms with van der Waals surface area (Å²) in [6.45, 7) is 0.427. The fourth-order valence-corrected chi connectivity index (χ4v) is 3.59. The van der Waals surface area contributed by atoms with Crippen LogP contribution in [0.2, 0.25) is 0 Å². The van der Waals surface area contributed by atoms with Crippen LogP contribution in [0.5, 0.6) is 11.5 Å². The van der Waals surface area contributed by atoms with Gasteiger partial charge in [0.05, 0.1) is 23.8 Å². The lowest BCUT2D eigenvalue weighted by Gasteiger charge is -2.19. The molecule has 2 heterocycles. The summed E-state index contributed by atoms with van der Waals surface area (Å²) in [7, 11) is 1.20. The molecule has 0 unspecified atom stereocenters. The van der Waals surface area contributed by atoms with Crippen molar-refractivity contribution in [3.05, 3.63) is 45.0 Å². The maximum atomic E-state index is 13.9. The smallest absolute Gasteiger partial charge is 0.417 e. The van der Waals surface area contributed by atoms with Crippen molar-refractivity contribution in [2.45, 2.75) is 39.1 Å². The van der Waals surface area contributed by atoms with E-state index in [9.17, 15) is 26.7 Å². The molecule has 6 nitrogen and oxygen atoms in total. The van der Waals surface area contributed by atoms with E-state index in [1.165, 1.54) is 23.8 Å². The standard InChI is InChI=1S/C20H18F5N3O3S/c1-4-9(2)28-16-15(17(29)27-19(28)32)11(20(23,24)25)8-12(26-16)10-5-6-13(31-18(21)22)14(7-10)30-3/h5-9,18H,4H2,1-3H3,(H,27,29,32)/t9-/m1/s1. The number of fused-ring (bicyclic) bond motifs is 1. The molecule has 3 rings (SSSR count). The monoisotopic (exact) mass is 475 g/mol. The Morgan fingerprint density at radius 3 is 2.47 bits per heavy atom. The molecule has 1 aromatic carbocycles. The van der Waals surface area contributed by atoms with Gasteiger partial charge in [0.15, 0.2) is 16.3 Å². The van der Waals surface area contributed by atoms with Crippen LogP contribution >= 0.6 is 12.2 Å². The average Bonchev–Trinajstić information content (AvgIpc) is 2.71. The van der Waals surface area contributed by atoms with Crippen molar-refractivity contribution >= 4 is 23.3 Å². The van der Waals surface area contributed by atoms with Gasteiger partial charge >= 0.3 is 12.8 Å². The molecule has 1 N–H and O–H groups in total. The topological polar surface area (TPSA) is 69.1 Å². The maximum absolute atomic E-state index is 13.9. The second kappa shape index (κ2) is 8.85. The fraction of sp³-hybridized carbons (Fsp3) is 0.350. The number of hydrogen-bond acceptors (Lipinski definition) is 5. The van der Waals surface area contributed by atoms with Gasteiger partial charge in [0.25, 0.3) is 5.56 Å². The Kier molecular flexibility index (Phi) is 6.54. The van der Waals surface area contributed by atoms with E-state index in [-0.39, 0.29) is 39.2 Å². The SMILES string of the molecule is CC[C@@H](C)n1c(=S)[nH]c(=O)c2c(C(F)(F)F)cc(-c3ccc(OC(F)F)c(OC)c3)nc21. The molecule has 0 spiro atoms. The van der Waals surface area contributed by atoms with Gasteiger partial charge in [0.2, 0.25) is 0 Å². The lowest BCUT2D eigenvalue weighted by atomic mass is 10.1. The normalized spacial score (nSPS) is 12.9. The Morgan fingerprint density at radius 2 is 1.91 bits per heavy atom. The number of alkyl halides is 5. The molecule has 32 heavy (non-hydrogen) atoms. The third kappa shape index (κ3) is 4.45. The van der Waals surface area contributed by atoms with Crippen LogP contribution in [0.15, 0.2) is 29.1 Å². The summed E-state index contributed by atoms with van der Waals surface area (Å²) in [5.41, 5.74) is -2.45. The minimum Gasteiger partial charge on any atom is -0.493 e. The molecule has 0 aliphatic heterocycles. The van der Waals surface area contributed by atoms with Gasteiger partial charge in [-0.15, -0.1) is 0 Å². The molecule has 2 aromatic heterocycles. The Hall–Kier alpha value is -3.02. The molecule has 0 radical (unpaired) electrons. The zero-order valence-electron chi connectivity index (χ0n) is 17.1. The van der Waals surface area contributed by atoms with Gasteiger partial charge in [-0.1, -0.05) is 6.92 Å². The van der Waals surface area contributed by atoms with Gasteiger partial charge in [0.1, 0.15) is 5.65 Å². The number of aromatic amines is 1. The summed E-state index contributed by atoms with van der Waals surface area (Å²) in [5, 5.41) is -0.639. The van der Waals surface area contributed by atoms with E-state index in [4.69, 9.17) is 17.0 Å². The van der Waals surface area contributed by atoms with Crippen molar-refractivity contribution in [2.75, 3.05) is 7.11 Å². The summed E-state index contributed by atoms with van der Waals surface area (Å²) in [4.78, 5) is 19.0. The van der Waals surface area contributed by atoms with Crippen molar-refractivity contribution in [1.29, 1.82) is 0 Å². The zero-order valence-corrected chi connectivity index (χ0v) is 17.9. The second-order valence-corrected chi connectivity index (χ2v) is 7.27. The predicted octanol–water partition coefficient (Wildman–Crippen LogP) is 5.72. The van der Waals surface area contributed by atoms with Crippen LogP contribution in [0.25, 0.3) is 22.3 Å². The minimum atomic E-state index is -4.87. The molecule has 1 atom stereocenters. The predicted molar refractivity (Wildman–Crippen MR) is 110 cm³/mol. The van der Waals surface area contributed by atoms with Gasteiger partial charge in [-0.3, -0.25) is 14.3 Å². The number of ether oxygens (including phenoxy) is 2. The summed E-state index contributed by atoms with van der Waals surface area (Å²) in [6, 6.07) is 4.00. The highest BCUT2D eigenvalue weighted by atomic mass is 32.1. The Morgan fingerprint density at radius 1 is 1.22 bits per heavy atom. The number of benzene rings is 1. The third-order valence-electron chi connectivity index (χ3n) is 4.91. The largest absolute Gasteiger partial charge is 0.493 e. The first-order chi connectivity index (χ1) is 15.0. The van der Waals surface area contributed by atoms with E-state index >= 15 is 0 Å². The van der Waals surface area contributed by atoms with Crippen LogP contribution in [-0.4, -0.2) is 28.3 Å². The number of methoxy groups -OCH3 is 1. The molecule has 3 aromatic rings. The van der Waals surface area contributed by atoms with Gasteiger partial charge in [0, 0.05) is 11.6 Å². The highest BCUT2D eigenvalue weighted by Crippen LogP contribution is 2.38. The lowest BCUT2D eigenvalue weighted by Crippen LogP contribution is -2.22. The number of nitrogens with one attached hydrogen (secondary N) is 1. The zero-order chi connectivity index (χ0) is 23.8. The molecule has 0 aliphatic carbocycles. The molecule has 0 saturated carbocycles. The molecule has 12 heteroatoms. The van der Waals surface area contributed by atoms with Crippen molar-refractivity contribution in [2.24, 2.45) is 0 Å². The van der Waals surface area contributed by atoms with E-state index in [0.29, 0.717) is 6.42 Å². The molecule has 0 aliphatic rings. The number of pyridine rings is 1. The third-order valence-corrected chi connectivity index (χ3v) is 5.21. The van der Waals surface area contributed by atoms with E-state index < -0.39 is 29.3 Å². The summed E-state index contributed by atoms with van der Waals surface area (Å²) in [6.07, 6.45) is -4.36. The van der Waals surface area contributed by atoms with Crippen molar-refractivity contribution in [3.8, 4) is 22.8 Å². The molecule has 0 fully saturated rings. The van der Waals surface area contributed by atoms with Crippen molar-refractivity contribution in [1.82, 2.24) is 14.5 Å². The van der Waals surface area contributed by atoms with Gasteiger partial charge in [-0.2, -0.15) is 22.0 Å². The van der Waals surface area contributed by atoms with E-state index in [0.717, 1.165) is 12.1 Å². The van der Waals surface area contributed by atoms with E-state index in [1.807, 2.05) is 6.92 Å². The highest BCUT2D eigenvalue weighted by molar-refractivity contribution is 7.71. The highest BCUT2D eigenvalue weighted by Gasteiger charge is 2.36. The molecule has 0 saturated heterocycles. The van der Waals surface area contributed by atoms with Gasteiger partial charge in [-0.25, -0.2) is 4.98 Å². The summed E-state index contributed by atoms with van der Waals surface area (Å²) < 4.78 is 77.6. The Bertz CT molecular complexity index is 1270. The number of halogens is 5. The average molecular weight is 475 g/mol. The number of H-pyrrole nitrogens is 1. The molecule has 0 amide bonds. The van der Waals surface area contributed by atoms with Gasteiger partial charge < -0.3 is 9.47 Å². The minimum absolute atomic E-state index is 0.0621. The molecule has 172 valence electrons. The molecular formula is C20H18F5N3O3S. The van der Waals surface area contributed by atoms with E-state index in [2.05, 4.69) is 14.7 Å². The van der Waals surface area contributed by atoms with Crippen LogP contribution in [0, 0.1) is 4.77 Å². The van der Waals surface area contributed by atoms with Crippen LogP contribution in [-0.2, 0) is 6.18 Å². The van der Waals surface area contributed by atoms with Crippen LogP contribution < -0.4 is 15.0 Å². The van der Waals surface area contributed by atoms with Crippen LogP contribution in [0.3, 0.4) is 0 Å². The number of aromatic nitrogens is 3. The maximum Gasteiger partial charge on any atom is 0.417 e. The summed E-state index contributed by atoms with van der Waals surface area (Å²) >= 11 is 5.18. The van der Waals surface area contributed by atoms with Crippen LogP contribution in [0.1, 0.15) is 31.9 Å². The second-order valence-electron chi connectivity index (χ2n) is 6.88. The number of rotatable bonds is 6. The number of nitrogens with zero attached hydrogens (tertiary/aromatic N) is 2. The first kappa shape index (κ1) is 23.6. The number of hydrogen-bond donors (Lipinski definition) is 1. The van der Waals surface area contributed by atoms with Crippen molar-refractivity contribution in [3.63, 3.8) is 0 Å². The Labute approximate surface area is 183 Å². The van der Waals surface area contributed by atoms with Gasteiger partial charge in [-0.05, 0) is 49.8 Å². The first-order valence-corrected chi connectivity index (χ1v) is 9.78. The fourth-order valence-electron chi connectivity index (χ4n) is 3.23. The van der Waals surface area contributed by atoms with E-state index in [1.54, 1.807) is 6.92 Å². The Balaban J connectivity index is 2.39. The van der Waals surface area contributed by atoms with Crippen molar-refractivity contribution < 1.29 is 31.4 Å².